The van der Waals surface area contributed by atoms with Crippen LogP contribution in [0.4, 0.5) is 0 Å². The van der Waals surface area contributed by atoms with Crippen molar-refractivity contribution in [3.05, 3.63) is 40.2 Å². The third-order valence-electron chi connectivity index (χ3n) is 14.5. The maximum Gasteiger partial charge on any atom is 0.336 e. The van der Waals surface area contributed by atoms with Crippen molar-refractivity contribution in [2.75, 3.05) is 20.2 Å². The van der Waals surface area contributed by atoms with Crippen molar-refractivity contribution >= 4 is 112 Å². The van der Waals surface area contributed by atoms with E-state index in [2.05, 4.69) is 36.9 Å². The van der Waals surface area contributed by atoms with Gasteiger partial charge in [0.1, 0.15) is 59.7 Å². The van der Waals surface area contributed by atoms with Gasteiger partial charge in [0.25, 0.3) is 0 Å². The quantitative estimate of drug-likeness (QED) is 0.0127. The number of primary amides is 1. The molecule has 39 heteroatoms. The topological polar surface area (TPSA) is 659 Å². The van der Waals surface area contributed by atoms with Gasteiger partial charge in [0, 0.05) is 56.3 Å². The molecule has 0 saturated carbocycles. The number of unbranched alkanes of at least 4 members (excludes halogenated alkanes) is 1. The number of ether oxygens (including phenoxy) is 1. The lowest BCUT2D eigenvalue weighted by atomic mass is 9.96. The van der Waals surface area contributed by atoms with Crippen LogP contribution < -0.4 is 81.1 Å². The Balaban J connectivity index is 2.38. The molecule has 2 aromatic rings. The van der Waals surface area contributed by atoms with E-state index in [4.69, 9.17) is 37.2 Å². The predicted molar refractivity (Wildman–Crippen MR) is 334 cm³/mol. The van der Waals surface area contributed by atoms with Crippen molar-refractivity contribution < 1.29 is 117 Å². The number of hydrogen-bond acceptors (Lipinski definition) is 21. The summed E-state index contributed by atoms with van der Waals surface area (Å²) in [7, 11) is 1.43. The van der Waals surface area contributed by atoms with Crippen LogP contribution in [0.3, 0.4) is 0 Å². The molecule has 1 aromatic heterocycles. The van der Waals surface area contributed by atoms with Gasteiger partial charge in [-0.3, -0.25) is 81.7 Å². The van der Waals surface area contributed by atoms with Crippen LogP contribution >= 0.6 is 0 Å². The number of carboxylic acid groups (broad SMARTS) is 6. The van der Waals surface area contributed by atoms with Crippen molar-refractivity contribution in [2.24, 2.45) is 33.8 Å². The van der Waals surface area contributed by atoms with E-state index < -0.39 is 225 Å². The third kappa shape index (κ3) is 31.2. The van der Waals surface area contributed by atoms with Crippen LogP contribution in [0, 0.1) is 5.92 Å². The molecule has 39 nitrogen and oxygen atoms in total. The first-order chi connectivity index (χ1) is 45.5. The summed E-state index contributed by atoms with van der Waals surface area (Å²) < 4.78 is 10.4. The molecular formula is C58H84N14O25. The van der Waals surface area contributed by atoms with E-state index in [-0.39, 0.29) is 63.2 Å². The molecule has 0 radical (unpaired) electrons. The van der Waals surface area contributed by atoms with Crippen LogP contribution in [0.2, 0.25) is 0 Å². The Morgan fingerprint density at radius 2 is 0.938 bits per heavy atom. The van der Waals surface area contributed by atoms with Gasteiger partial charge < -0.3 is 111 Å². The molecule has 0 unspecified atom stereocenters. The minimum atomic E-state index is -2.27. The lowest BCUT2D eigenvalue weighted by Gasteiger charge is -2.29. The summed E-state index contributed by atoms with van der Waals surface area (Å²) in [6, 6.07) is -10.6. The molecule has 97 heavy (non-hydrogen) atoms. The van der Waals surface area contributed by atoms with E-state index in [9.17, 15) is 107 Å². The number of nitrogens with two attached hydrogens (primary N) is 4. The second-order valence-electron chi connectivity index (χ2n) is 22.2. The molecule has 0 bridgehead atoms. The minimum absolute atomic E-state index is 0.00467. The summed E-state index contributed by atoms with van der Waals surface area (Å²) in [6.07, 6.45) is -8.62. The van der Waals surface area contributed by atoms with Crippen LogP contribution in [-0.2, 0) is 83.1 Å². The number of aliphatic carboxylic acids is 6. The zero-order chi connectivity index (χ0) is 73.2. The highest BCUT2D eigenvalue weighted by atomic mass is 16.5. The van der Waals surface area contributed by atoms with Crippen LogP contribution in [0.15, 0.2) is 38.5 Å². The fraction of sp³-hybridized carbons (Fsp3) is 0.552. The van der Waals surface area contributed by atoms with E-state index in [0.717, 1.165) is 0 Å². The van der Waals surface area contributed by atoms with Crippen molar-refractivity contribution in [3.63, 3.8) is 0 Å². The maximum absolute atomic E-state index is 14.0. The summed E-state index contributed by atoms with van der Waals surface area (Å²) >= 11 is 0. The Morgan fingerprint density at radius 1 is 0.515 bits per heavy atom. The maximum atomic E-state index is 14.0. The highest BCUT2D eigenvalue weighted by Gasteiger charge is 2.37. The van der Waals surface area contributed by atoms with Crippen LogP contribution in [0.5, 0.6) is 5.75 Å². The average molecular weight is 1380 g/mol. The van der Waals surface area contributed by atoms with Gasteiger partial charge in [0.2, 0.25) is 59.1 Å². The molecule has 0 fully saturated rings. The number of guanidine groups is 1. The molecule has 10 atom stereocenters. The highest BCUT2D eigenvalue weighted by molar-refractivity contribution is 6.00. The van der Waals surface area contributed by atoms with E-state index in [1.807, 2.05) is 16.0 Å². The Bertz CT molecular complexity index is 3280. The molecule has 1 aromatic carbocycles. The fourth-order valence-electron chi connectivity index (χ4n) is 9.13. The number of nitrogens with one attached hydrogen (secondary N) is 9. The van der Waals surface area contributed by atoms with Gasteiger partial charge in [0.05, 0.1) is 32.4 Å². The molecule has 0 aliphatic heterocycles. The van der Waals surface area contributed by atoms with Crippen LogP contribution in [0.1, 0.15) is 122 Å². The van der Waals surface area contributed by atoms with Crippen LogP contribution in [-0.4, -0.2) is 206 Å². The van der Waals surface area contributed by atoms with E-state index in [0.29, 0.717) is 23.1 Å². The summed E-state index contributed by atoms with van der Waals surface area (Å²) in [4.78, 5) is 222. The minimum Gasteiger partial charge on any atom is -0.497 e. The van der Waals surface area contributed by atoms with Crippen molar-refractivity contribution in [2.45, 2.75) is 177 Å². The summed E-state index contributed by atoms with van der Waals surface area (Å²) in [5.74, 6) is -22.3. The SMILES string of the molecule is CC[C@H](C)[C@H](NC(=O)[C@H](CCC(=O)O)NC(=O)[C@H](CC(=O)O)NC(=O)[C@H](CCC(=O)O)NC(=O)[C@H](CC(=O)O)NC(=O)[C@H](CCC(=O)O)NC(=O)[C@H](CCCN=C(N)N)NC(=O)[C@@H](N)CCCCNC(=O)Cc1cc(=O)oc2cc(OC)ccc12)C(=O)N[C@@H](CCC(=O)O)C(N)=O. The van der Waals surface area contributed by atoms with E-state index in [1.54, 1.807) is 19.1 Å². The lowest BCUT2D eigenvalue weighted by molar-refractivity contribution is -0.142. The second kappa shape index (κ2) is 41.6. The molecule has 23 N–H and O–H groups in total. The lowest BCUT2D eigenvalue weighted by Crippen LogP contribution is -2.61. The number of aliphatic imine (C=N–C) groups is 1. The van der Waals surface area contributed by atoms with E-state index >= 15 is 0 Å². The fourth-order valence-corrected chi connectivity index (χ4v) is 9.13. The van der Waals surface area contributed by atoms with Gasteiger partial charge in [0.15, 0.2) is 5.96 Å². The molecule has 0 aliphatic carbocycles. The number of hydrogen-bond donors (Lipinski definition) is 19. The number of benzene rings is 1. The Hall–Kier alpha value is -11.0. The molecule has 0 saturated heterocycles. The molecule has 10 amide bonds. The number of carboxylic acids is 6. The number of rotatable bonds is 47. The monoisotopic (exact) mass is 1380 g/mol. The van der Waals surface area contributed by atoms with E-state index in [1.165, 1.54) is 26.2 Å². The van der Waals surface area contributed by atoms with Crippen molar-refractivity contribution in [1.82, 2.24) is 47.9 Å². The second-order valence-corrected chi connectivity index (χ2v) is 22.2. The molecule has 536 valence electrons. The van der Waals surface area contributed by atoms with Gasteiger partial charge in [-0.05, 0) is 81.4 Å². The number of carbonyl (C=O) groups is 16. The number of nitrogens with zero attached hydrogens (tertiary/aromatic N) is 1. The predicted octanol–water partition coefficient (Wildman–Crippen LogP) is -5.17. The summed E-state index contributed by atoms with van der Waals surface area (Å²) in [6.45, 7) is 3.05. The summed E-state index contributed by atoms with van der Waals surface area (Å²) in [5.41, 5.74) is 22.3. The molecule has 0 spiro atoms. The number of methoxy groups -OCH3 is 1. The first kappa shape index (κ1) is 82.1. The zero-order valence-electron chi connectivity index (χ0n) is 53.2. The Labute approximate surface area is 552 Å². The van der Waals surface area contributed by atoms with Gasteiger partial charge in [-0.2, -0.15) is 0 Å². The average Bonchev–Trinajstić information content (AvgIpc) is 0.809. The van der Waals surface area contributed by atoms with Gasteiger partial charge in [-0.15, -0.1) is 0 Å². The van der Waals surface area contributed by atoms with Gasteiger partial charge in [-0.25, -0.2) is 4.79 Å². The molecule has 1 heterocycles. The highest BCUT2D eigenvalue weighted by Crippen LogP contribution is 2.23. The number of fused-ring (bicyclic) bond motifs is 1. The molecule has 0 aliphatic rings. The third-order valence-corrected chi connectivity index (χ3v) is 14.5. The zero-order valence-corrected chi connectivity index (χ0v) is 53.2. The first-order valence-electron chi connectivity index (χ1n) is 30.3. The first-order valence-corrected chi connectivity index (χ1v) is 30.3. The van der Waals surface area contributed by atoms with Crippen molar-refractivity contribution in [1.29, 1.82) is 0 Å². The normalized spacial score (nSPS) is 14.0. The molecule has 2 rings (SSSR count). The van der Waals surface area contributed by atoms with Crippen molar-refractivity contribution in [3.8, 4) is 5.75 Å². The smallest absolute Gasteiger partial charge is 0.336 e. The Morgan fingerprint density at radius 3 is 1.37 bits per heavy atom. The number of amides is 10. The largest absolute Gasteiger partial charge is 0.497 e. The molecular weight excluding hydrogens is 1290 g/mol. The van der Waals surface area contributed by atoms with Gasteiger partial charge >= 0.3 is 41.4 Å². The summed E-state index contributed by atoms with van der Waals surface area (Å²) in [5, 5.41) is 78.0. The van der Waals surface area contributed by atoms with Gasteiger partial charge in [-0.1, -0.05) is 20.3 Å². The Kier molecular flexibility index (Phi) is 35.2. The number of carbonyl (C=O) groups excluding carboxylic acids is 10. The van der Waals surface area contributed by atoms with Crippen LogP contribution in [0.25, 0.3) is 11.0 Å². The standard InChI is InChI=1S/C58H84N14O25/c1-4-27(2)48(57(95)65-32(49(60)87)12-16-41(74)75)72-54(92)36(15-19-44(80)81)69-56(94)38(26-46(84)85)71-53(91)35(14-18-43(78)79)68-55(93)37(25-45(82)83)70-52(90)34(13-17-42(76)77)67-51(89)33(9-7-21-64-58(61)62)66-50(88)31(59)8-5-6-20-63-40(73)22-28-23-47(86)97-39-24-29(96-3)10-11-30(28)39/h10-11,23-24,27,31-38,48H,4-9,12-22,25-26,59H2,1-3H3,(H2,60,87)(H,63,73)(H,65,95)(H,66,88)(H,67,89)(H,68,93)(H,69,94)(H,70,90)(H,71,91)(H,72,92)(H,74,75)(H,76,77)(H,78,79)(H,80,81)(H,82,83)(H,84,85)(H4,61,62,64)/t27-,31-,32-,33-,34-,35-,36-,37-,38-,48-/m0/s1.